The van der Waals surface area contributed by atoms with E-state index < -0.39 is 11.8 Å². The second-order valence-electron chi connectivity index (χ2n) is 5.13. The maximum Gasteiger partial charge on any atom is 0.325 e. The Hall–Kier alpha value is -2.93. The Morgan fingerprint density at radius 3 is 2.84 bits per heavy atom. The number of aromatic hydroxyl groups is 1. The Morgan fingerprint density at radius 2 is 2.12 bits per heavy atom. The molecule has 128 valence electrons. The lowest BCUT2D eigenvalue weighted by atomic mass is 10.2. The molecule has 3 aromatic rings. The molecule has 0 atom stereocenters. The lowest BCUT2D eigenvalue weighted by molar-refractivity contribution is -0.138. The zero-order valence-corrected chi connectivity index (χ0v) is 13.9. The highest BCUT2D eigenvalue weighted by Crippen LogP contribution is 2.33. The van der Waals surface area contributed by atoms with E-state index in [0.29, 0.717) is 22.4 Å². The highest BCUT2D eigenvalue weighted by atomic mass is 35.5. The molecule has 0 saturated heterocycles. The molecule has 8 heteroatoms. The van der Waals surface area contributed by atoms with Crippen molar-refractivity contribution in [2.45, 2.75) is 0 Å². The number of aromatic nitrogens is 2. The molecule has 1 N–H and O–H groups in total. The molecular formula is C17H13ClFN3O3. The topological polar surface area (TPSA) is 75.5 Å². The van der Waals surface area contributed by atoms with Crippen molar-refractivity contribution in [1.82, 2.24) is 9.97 Å². The summed E-state index contributed by atoms with van der Waals surface area (Å²) in [7, 11) is 1.27. The van der Waals surface area contributed by atoms with Crippen molar-refractivity contribution in [3.8, 4) is 5.88 Å². The Morgan fingerprint density at radius 1 is 1.32 bits per heavy atom. The van der Waals surface area contributed by atoms with E-state index in [2.05, 4.69) is 9.97 Å². The van der Waals surface area contributed by atoms with Gasteiger partial charge in [-0.25, -0.2) is 9.37 Å². The molecule has 0 spiro atoms. The standard InChI is InChI=1S/C17H13ClFN3O3/c1-25-16(24)9-22(10-2-3-12(19)11(18)8-10)14-6-7-20-13-4-5-15(23)21-17(13)14/h2-8H,9H2,1H3,(H,21,23). The maximum atomic E-state index is 13.5. The number of carbonyl (C=O) groups excluding carboxylic acids is 1. The third-order valence-electron chi connectivity index (χ3n) is 3.57. The number of pyridine rings is 2. The number of hydrogen-bond acceptors (Lipinski definition) is 6. The van der Waals surface area contributed by atoms with Gasteiger partial charge in [0.2, 0.25) is 5.88 Å². The van der Waals surface area contributed by atoms with Gasteiger partial charge in [0, 0.05) is 18.0 Å². The van der Waals surface area contributed by atoms with Crippen molar-refractivity contribution in [1.29, 1.82) is 0 Å². The number of ether oxygens (including phenoxy) is 1. The van der Waals surface area contributed by atoms with E-state index in [1.165, 1.54) is 31.4 Å². The first-order valence-electron chi connectivity index (χ1n) is 7.23. The summed E-state index contributed by atoms with van der Waals surface area (Å²) in [6.07, 6.45) is 1.55. The van der Waals surface area contributed by atoms with Gasteiger partial charge >= 0.3 is 5.97 Å². The minimum atomic E-state index is -0.571. The van der Waals surface area contributed by atoms with Crippen LogP contribution in [0, 0.1) is 5.82 Å². The molecule has 0 radical (unpaired) electrons. The van der Waals surface area contributed by atoms with E-state index in [-0.39, 0.29) is 17.4 Å². The molecule has 6 nitrogen and oxygen atoms in total. The molecule has 3 rings (SSSR count). The highest BCUT2D eigenvalue weighted by Gasteiger charge is 2.19. The van der Waals surface area contributed by atoms with Crippen LogP contribution in [0.15, 0.2) is 42.6 Å². The summed E-state index contributed by atoms with van der Waals surface area (Å²) in [6, 6.07) is 8.74. The molecular weight excluding hydrogens is 349 g/mol. The zero-order chi connectivity index (χ0) is 18.0. The predicted octanol–water partition coefficient (Wildman–Crippen LogP) is 3.44. The number of halogens is 2. The quantitative estimate of drug-likeness (QED) is 0.717. The van der Waals surface area contributed by atoms with Gasteiger partial charge in [0.1, 0.15) is 17.9 Å². The van der Waals surface area contributed by atoms with Crippen molar-refractivity contribution in [3.63, 3.8) is 0 Å². The van der Waals surface area contributed by atoms with E-state index in [0.717, 1.165) is 0 Å². The van der Waals surface area contributed by atoms with Gasteiger partial charge in [0.25, 0.3) is 0 Å². The molecule has 2 heterocycles. The van der Waals surface area contributed by atoms with Crippen molar-refractivity contribution < 1.29 is 19.0 Å². The van der Waals surface area contributed by atoms with E-state index in [1.807, 2.05) is 0 Å². The van der Waals surface area contributed by atoms with Crippen LogP contribution in [0.3, 0.4) is 0 Å². The first-order valence-corrected chi connectivity index (χ1v) is 7.61. The third-order valence-corrected chi connectivity index (χ3v) is 3.86. The Kier molecular flexibility index (Phi) is 4.67. The zero-order valence-electron chi connectivity index (χ0n) is 13.1. The average Bonchev–Trinajstić information content (AvgIpc) is 2.61. The lowest BCUT2D eigenvalue weighted by Crippen LogP contribution is -2.26. The van der Waals surface area contributed by atoms with Crippen LogP contribution in [0.25, 0.3) is 11.0 Å². The second kappa shape index (κ2) is 6.90. The van der Waals surface area contributed by atoms with Crippen LogP contribution in [0.2, 0.25) is 5.02 Å². The predicted molar refractivity (Wildman–Crippen MR) is 91.6 cm³/mol. The van der Waals surface area contributed by atoms with Crippen LogP contribution in [0.5, 0.6) is 5.88 Å². The summed E-state index contributed by atoms with van der Waals surface area (Å²) in [5, 5.41) is 9.61. The molecule has 0 amide bonds. The smallest absolute Gasteiger partial charge is 0.325 e. The number of hydrogen-bond donors (Lipinski definition) is 1. The number of anilines is 2. The fraction of sp³-hybridized carbons (Fsp3) is 0.118. The van der Waals surface area contributed by atoms with Crippen molar-refractivity contribution in [2.75, 3.05) is 18.6 Å². The summed E-state index contributed by atoms with van der Waals surface area (Å²) in [5.74, 6) is -1.26. The van der Waals surface area contributed by atoms with Gasteiger partial charge in [0.15, 0.2) is 0 Å². The minimum absolute atomic E-state index is 0.0819. The van der Waals surface area contributed by atoms with Crippen LogP contribution >= 0.6 is 11.6 Å². The maximum absolute atomic E-state index is 13.5. The van der Waals surface area contributed by atoms with E-state index in [1.54, 1.807) is 23.2 Å². The van der Waals surface area contributed by atoms with Gasteiger partial charge in [-0.3, -0.25) is 9.78 Å². The number of carbonyl (C=O) groups is 1. The van der Waals surface area contributed by atoms with Crippen LogP contribution < -0.4 is 4.90 Å². The molecule has 2 aromatic heterocycles. The van der Waals surface area contributed by atoms with Crippen LogP contribution in [0.4, 0.5) is 15.8 Å². The fourth-order valence-electron chi connectivity index (χ4n) is 2.38. The molecule has 0 unspecified atom stereocenters. The molecule has 0 aliphatic carbocycles. The summed E-state index contributed by atoms with van der Waals surface area (Å²) in [5.41, 5.74) is 1.87. The first kappa shape index (κ1) is 16.9. The van der Waals surface area contributed by atoms with Gasteiger partial charge in [-0.2, -0.15) is 0 Å². The van der Waals surface area contributed by atoms with Gasteiger partial charge in [-0.05, 0) is 30.3 Å². The fourth-order valence-corrected chi connectivity index (χ4v) is 2.56. The summed E-state index contributed by atoms with van der Waals surface area (Å²) < 4.78 is 18.2. The van der Waals surface area contributed by atoms with E-state index in [4.69, 9.17) is 16.3 Å². The van der Waals surface area contributed by atoms with E-state index >= 15 is 0 Å². The lowest BCUT2D eigenvalue weighted by Gasteiger charge is -2.24. The first-order chi connectivity index (χ1) is 12.0. The summed E-state index contributed by atoms with van der Waals surface area (Å²) in [6.45, 7) is -0.158. The number of esters is 1. The number of benzene rings is 1. The van der Waals surface area contributed by atoms with Crippen molar-refractivity contribution in [3.05, 3.63) is 53.4 Å². The van der Waals surface area contributed by atoms with Crippen LogP contribution in [-0.4, -0.2) is 34.7 Å². The number of rotatable bonds is 4. The van der Waals surface area contributed by atoms with E-state index in [9.17, 15) is 14.3 Å². The Labute approximate surface area is 147 Å². The monoisotopic (exact) mass is 361 g/mol. The van der Waals surface area contributed by atoms with Gasteiger partial charge in [0.05, 0.1) is 23.3 Å². The molecule has 0 fully saturated rings. The van der Waals surface area contributed by atoms with Crippen LogP contribution in [-0.2, 0) is 9.53 Å². The molecule has 0 aliphatic rings. The Bertz CT molecular complexity index is 952. The summed E-state index contributed by atoms with van der Waals surface area (Å²) in [4.78, 5) is 21.7. The number of methoxy groups -OCH3 is 1. The average molecular weight is 362 g/mol. The second-order valence-corrected chi connectivity index (χ2v) is 5.54. The molecule has 0 saturated carbocycles. The van der Waals surface area contributed by atoms with Gasteiger partial charge in [-0.15, -0.1) is 0 Å². The van der Waals surface area contributed by atoms with Crippen LogP contribution in [0.1, 0.15) is 0 Å². The minimum Gasteiger partial charge on any atom is -0.493 e. The number of fused-ring (bicyclic) bond motifs is 1. The SMILES string of the molecule is COC(=O)CN(c1ccc(F)c(Cl)c1)c1ccnc2ccc(O)nc12. The molecule has 25 heavy (non-hydrogen) atoms. The molecule has 0 bridgehead atoms. The Balaban J connectivity index is 2.19. The highest BCUT2D eigenvalue weighted by molar-refractivity contribution is 6.31. The van der Waals surface area contributed by atoms with Crippen molar-refractivity contribution in [2.24, 2.45) is 0 Å². The third kappa shape index (κ3) is 3.46. The molecule has 1 aromatic carbocycles. The van der Waals surface area contributed by atoms with Gasteiger partial charge in [-0.1, -0.05) is 11.6 Å². The largest absolute Gasteiger partial charge is 0.493 e. The molecule has 0 aliphatic heterocycles. The van der Waals surface area contributed by atoms with Gasteiger partial charge < -0.3 is 14.7 Å². The normalized spacial score (nSPS) is 10.7. The number of nitrogens with zero attached hydrogens (tertiary/aromatic N) is 3. The van der Waals surface area contributed by atoms with Crippen molar-refractivity contribution >= 4 is 40.0 Å². The summed E-state index contributed by atoms with van der Waals surface area (Å²) >= 11 is 5.87.